The van der Waals surface area contributed by atoms with Crippen LogP contribution in [0.5, 0.6) is 0 Å². The SMILES string of the molecule is Cc1cc(C)c(-c2ccc3c(n2)N(C(=O)Nc2cccnc2)[C@H]2CCN3C2)cn1. The van der Waals surface area contributed by atoms with Gasteiger partial charge in [-0.3, -0.25) is 14.9 Å². The zero-order valence-corrected chi connectivity index (χ0v) is 16.5. The number of fused-ring (bicyclic) bond motifs is 4. The topological polar surface area (TPSA) is 74.2 Å². The van der Waals surface area contributed by atoms with Gasteiger partial charge in [-0.15, -0.1) is 0 Å². The molecule has 146 valence electrons. The first kappa shape index (κ1) is 17.6. The standard InChI is InChI=1S/C22H22N6O/c1-14-10-15(2)24-12-18(14)19-5-6-20-21(26-19)28(17-7-9-27(20)13-17)22(29)25-16-4-3-8-23-11-16/h3-6,8,10-12,17H,7,9,13H2,1-2H3,(H,25,29)/t17-/m0/s1. The van der Waals surface area contributed by atoms with Gasteiger partial charge in [-0.2, -0.15) is 0 Å². The average Bonchev–Trinajstić information content (AvgIpc) is 3.13. The Morgan fingerprint density at radius 2 is 2.10 bits per heavy atom. The summed E-state index contributed by atoms with van der Waals surface area (Å²) >= 11 is 0. The lowest BCUT2D eigenvalue weighted by Gasteiger charge is -2.36. The van der Waals surface area contributed by atoms with Crippen molar-refractivity contribution in [2.75, 3.05) is 28.2 Å². The highest BCUT2D eigenvalue weighted by Crippen LogP contribution is 2.40. The fourth-order valence-corrected chi connectivity index (χ4v) is 4.21. The number of rotatable bonds is 2. The number of amides is 2. The number of aromatic nitrogens is 3. The van der Waals surface area contributed by atoms with Gasteiger partial charge in [-0.1, -0.05) is 0 Å². The van der Waals surface area contributed by atoms with E-state index in [0.29, 0.717) is 11.5 Å². The molecule has 7 heteroatoms. The van der Waals surface area contributed by atoms with Gasteiger partial charge in [0.1, 0.15) is 0 Å². The molecule has 1 N–H and O–H groups in total. The van der Waals surface area contributed by atoms with Gasteiger partial charge in [-0.05, 0) is 56.2 Å². The molecule has 2 amide bonds. The Balaban J connectivity index is 1.55. The quantitative estimate of drug-likeness (QED) is 0.725. The minimum Gasteiger partial charge on any atom is -0.366 e. The van der Waals surface area contributed by atoms with E-state index in [1.54, 1.807) is 18.5 Å². The maximum atomic E-state index is 13.2. The molecule has 2 aliphatic rings. The number of nitrogens with one attached hydrogen (secondary N) is 1. The van der Waals surface area contributed by atoms with E-state index in [9.17, 15) is 4.79 Å². The fraction of sp³-hybridized carbons (Fsp3) is 0.273. The lowest BCUT2D eigenvalue weighted by Crippen LogP contribution is -2.48. The number of hydrogen-bond acceptors (Lipinski definition) is 5. The third-order valence-electron chi connectivity index (χ3n) is 5.61. The van der Waals surface area contributed by atoms with Gasteiger partial charge in [-0.25, -0.2) is 9.78 Å². The van der Waals surface area contributed by atoms with Crippen molar-refractivity contribution < 1.29 is 4.79 Å². The van der Waals surface area contributed by atoms with Gasteiger partial charge in [0.05, 0.1) is 29.3 Å². The molecule has 0 radical (unpaired) electrons. The van der Waals surface area contributed by atoms with Crippen LogP contribution in [0.4, 0.5) is 22.0 Å². The number of pyridine rings is 3. The largest absolute Gasteiger partial charge is 0.366 e. The Labute approximate surface area is 169 Å². The van der Waals surface area contributed by atoms with Crippen LogP contribution in [-0.4, -0.2) is 40.1 Å². The van der Waals surface area contributed by atoms with Gasteiger partial charge in [0, 0.05) is 36.7 Å². The zero-order valence-electron chi connectivity index (χ0n) is 16.5. The minimum atomic E-state index is -0.172. The van der Waals surface area contributed by atoms with E-state index in [2.05, 4.69) is 39.2 Å². The zero-order chi connectivity index (χ0) is 20.0. The van der Waals surface area contributed by atoms with E-state index < -0.39 is 0 Å². The van der Waals surface area contributed by atoms with Gasteiger partial charge in [0.15, 0.2) is 5.82 Å². The van der Waals surface area contributed by atoms with Crippen molar-refractivity contribution in [3.05, 3.63) is 60.2 Å². The first-order chi connectivity index (χ1) is 14.1. The van der Waals surface area contributed by atoms with Crippen molar-refractivity contribution >= 4 is 23.2 Å². The second kappa shape index (κ2) is 6.84. The molecule has 5 heterocycles. The van der Waals surface area contributed by atoms with E-state index in [0.717, 1.165) is 47.7 Å². The van der Waals surface area contributed by atoms with E-state index in [4.69, 9.17) is 4.98 Å². The van der Waals surface area contributed by atoms with E-state index in [1.807, 2.05) is 30.2 Å². The molecule has 2 bridgehead atoms. The Bertz CT molecular complexity index is 1080. The highest BCUT2D eigenvalue weighted by molar-refractivity contribution is 6.04. The molecule has 0 unspecified atom stereocenters. The number of carbonyl (C=O) groups is 1. The second-order valence-electron chi connectivity index (χ2n) is 7.61. The van der Waals surface area contributed by atoms with Gasteiger partial charge >= 0.3 is 6.03 Å². The molecule has 3 aromatic heterocycles. The molecule has 0 aliphatic carbocycles. The monoisotopic (exact) mass is 386 g/mol. The smallest absolute Gasteiger partial charge is 0.327 e. The van der Waals surface area contributed by atoms with Crippen LogP contribution in [0.25, 0.3) is 11.3 Å². The fourth-order valence-electron chi connectivity index (χ4n) is 4.21. The molecule has 1 saturated heterocycles. The molecule has 1 atom stereocenters. The summed E-state index contributed by atoms with van der Waals surface area (Å²) in [4.78, 5) is 30.8. The van der Waals surface area contributed by atoms with E-state index in [1.165, 1.54) is 0 Å². The maximum absolute atomic E-state index is 13.2. The Morgan fingerprint density at radius 1 is 1.21 bits per heavy atom. The van der Waals surface area contributed by atoms with Crippen LogP contribution < -0.4 is 15.1 Å². The number of anilines is 3. The number of carbonyl (C=O) groups excluding carboxylic acids is 1. The molecular weight excluding hydrogens is 364 g/mol. The normalized spacial score (nSPS) is 17.2. The third-order valence-corrected chi connectivity index (χ3v) is 5.61. The number of nitrogens with zero attached hydrogens (tertiary/aromatic N) is 5. The van der Waals surface area contributed by atoms with Gasteiger partial charge in [0.25, 0.3) is 0 Å². The Hall–Kier alpha value is -3.48. The number of urea groups is 1. The minimum absolute atomic E-state index is 0.110. The summed E-state index contributed by atoms with van der Waals surface area (Å²) in [6.45, 7) is 5.80. The van der Waals surface area contributed by atoms with E-state index in [-0.39, 0.29) is 12.1 Å². The predicted molar refractivity (Wildman–Crippen MR) is 113 cm³/mol. The molecule has 2 aliphatic heterocycles. The number of hydrogen-bond donors (Lipinski definition) is 1. The third kappa shape index (κ3) is 3.08. The summed E-state index contributed by atoms with van der Waals surface area (Å²) in [6, 6.07) is 9.73. The Morgan fingerprint density at radius 3 is 2.90 bits per heavy atom. The van der Waals surface area contributed by atoms with E-state index >= 15 is 0 Å². The first-order valence-electron chi connectivity index (χ1n) is 9.80. The molecule has 29 heavy (non-hydrogen) atoms. The molecule has 3 aromatic rings. The number of aryl methyl sites for hydroxylation is 2. The van der Waals surface area contributed by atoms with Gasteiger partial charge < -0.3 is 10.2 Å². The van der Waals surface area contributed by atoms with Crippen molar-refractivity contribution in [1.82, 2.24) is 15.0 Å². The highest BCUT2D eigenvalue weighted by atomic mass is 16.2. The van der Waals surface area contributed by atoms with Gasteiger partial charge in [0.2, 0.25) is 0 Å². The summed E-state index contributed by atoms with van der Waals surface area (Å²) in [7, 11) is 0. The lowest BCUT2D eigenvalue weighted by molar-refractivity contribution is 0.255. The molecule has 5 rings (SSSR count). The van der Waals surface area contributed by atoms with Crippen molar-refractivity contribution in [2.45, 2.75) is 26.3 Å². The van der Waals surface area contributed by atoms with Crippen molar-refractivity contribution in [3.63, 3.8) is 0 Å². The van der Waals surface area contributed by atoms with Crippen LogP contribution in [0.2, 0.25) is 0 Å². The van der Waals surface area contributed by atoms with Crippen LogP contribution in [0, 0.1) is 13.8 Å². The maximum Gasteiger partial charge on any atom is 0.327 e. The predicted octanol–water partition coefficient (Wildman–Crippen LogP) is 3.79. The van der Waals surface area contributed by atoms with Crippen LogP contribution in [-0.2, 0) is 0 Å². The van der Waals surface area contributed by atoms with Crippen LogP contribution in [0.15, 0.2) is 48.9 Å². The molecule has 0 spiro atoms. The first-order valence-corrected chi connectivity index (χ1v) is 9.80. The molecule has 0 saturated carbocycles. The molecular formula is C22H22N6O. The average molecular weight is 386 g/mol. The van der Waals surface area contributed by atoms with Crippen LogP contribution in [0.1, 0.15) is 17.7 Å². The Kier molecular flexibility index (Phi) is 4.16. The summed E-state index contributed by atoms with van der Waals surface area (Å²) in [5.41, 5.74) is 5.59. The summed E-state index contributed by atoms with van der Waals surface area (Å²) in [6.07, 6.45) is 6.12. The summed E-state index contributed by atoms with van der Waals surface area (Å²) < 4.78 is 0. The highest BCUT2D eigenvalue weighted by Gasteiger charge is 2.40. The summed E-state index contributed by atoms with van der Waals surface area (Å²) in [5, 5.41) is 2.97. The second-order valence-corrected chi connectivity index (χ2v) is 7.61. The molecule has 0 aromatic carbocycles. The van der Waals surface area contributed by atoms with Crippen molar-refractivity contribution in [3.8, 4) is 11.3 Å². The summed E-state index contributed by atoms with van der Waals surface area (Å²) in [5.74, 6) is 0.706. The van der Waals surface area contributed by atoms with Crippen LogP contribution >= 0.6 is 0 Å². The molecule has 1 fully saturated rings. The van der Waals surface area contributed by atoms with Crippen molar-refractivity contribution in [1.29, 1.82) is 0 Å². The molecule has 7 nitrogen and oxygen atoms in total. The lowest BCUT2D eigenvalue weighted by atomic mass is 10.1. The van der Waals surface area contributed by atoms with Crippen molar-refractivity contribution in [2.24, 2.45) is 0 Å². The van der Waals surface area contributed by atoms with Crippen LogP contribution in [0.3, 0.4) is 0 Å².